The minimum atomic E-state index is 0. The van der Waals surface area contributed by atoms with E-state index in [1.807, 2.05) is 19.1 Å². The van der Waals surface area contributed by atoms with Crippen LogP contribution < -0.4 is 0 Å². The fourth-order valence-corrected chi connectivity index (χ4v) is 1.48. The Bertz CT molecular complexity index is 483. The molecule has 73 valence electrons. The maximum absolute atomic E-state index is 3.26. The first-order valence-corrected chi connectivity index (χ1v) is 4.73. The van der Waals surface area contributed by atoms with Gasteiger partial charge >= 0.3 is 0 Å². The molecule has 0 amide bonds. The molecular weight excluding hydrogens is 257 g/mol. The summed E-state index contributed by atoms with van der Waals surface area (Å²) in [5.41, 5.74) is 2.28. The van der Waals surface area contributed by atoms with Crippen LogP contribution in [0.25, 0.3) is 16.3 Å². The molecule has 2 aromatic carbocycles. The molecule has 2 rings (SSSR count). The van der Waals surface area contributed by atoms with Gasteiger partial charge in [-0.3, -0.25) is 0 Å². The van der Waals surface area contributed by atoms with E-state index < -0.39 is 0 Å². The molecule has 1 radical (unpaired) electrons. The zero-order valence-electron chi connectivity index (χ0n) is 9.04. The van der Waals surface area contributed by atoms with Crippen molar-refractivity contribution in [2.45, 2.75) is 13.8 Å². The van der Waals surface area contributed by atoms with Crippen LogP contribution in [0.5, 0.6) is 0 Å². The van der Waals surface area contributed by atoms with Gasteiger partial charge in [-0.05, 0) is 0 Å². The average molecular weight is 269 g/mol. The van der Waals surface area contributed by atoms with Gasteiger partial charge in [-0.1, -0.05) is 24.3 Å². The monoisotopic (exact) mass is 269 g/mol. The van der Waals surface area contributed by atoms with Gasteiger partial charge in [0, 0.05) is 32.7 Å². The van der Waals surface area contributed by atoms with Crippen molar-refractivity contribution in [3.63, 3.8) is 0 Å². The Kier molecular flexibility index (Phi) is 4.69. The average Bonchev–Trinajstić information content (AvgIpc) is 2.27. The maximum atomic E-state index is 3.26. The fraction of sp³-hybridized carbons (Fsp3) is 0.143. The first kappa shape index (κ1) is 12.6. The van der Waals surface area contributed by atoms with Crippen LogP contribution in [-0.4, -0.2) is 0 Å². The zero-order valence-corrected chi connectivity index (χ0v) is 11.9. The largest absolute Gasteiger partial charge is 0.327 e. The third-order valence-electron chi connectivity index (χ3n) is 2.46. The van der Waals surface area contributed by atoms with E-state index in [0.717, 1.165) is 11.1 Å². The smallest absolute Gasteiger partial charge is 0 e. The van der Waals surface area contributed by atoms with Crippen LogP contribution in [-0.2, 0) is 32.7 Å². The van der Waals surface area contributed by atoms with Crippen molar-refractivity contribution in [2.75, 3.05) is 0 Å². The molecule has 0 unspecified atom stereocenters. The number of rotatable bonds is 1. The van der Waals surface area contributed by atoms with Crippen LogP contribution in [0.2, 0.25) is 0 Å². The van der Waals surface area contributed by atoms with Gasteiger partial charge in [0.2, 0.25) is 0 Å². The summed E-state index contributed by atoms with van der Waals surface area (Å²) in [4.78, 5) is 0. The zero-order chi connectivity index (χ0) is 9.97. The molecule has 0 saturated carbocycles. The van der Waals surface area contributed by atoms with Crippen LogP contribution in [0.15, 0.2) is 36.4 Å². The van der Waals surface area contributed by atoms with Crippen LogP contribution in [0, 0.1) is 12.1 Å². The Morgan fingerprint density at radius 1 is 1.20 bits per heavy atom. The molecule has 0 atom stereocenters. The second-order valence-electron chi connectivity index (χ2n) is 3.35. The summed E-state index contributed by atoms with van der Waals surface area (Å²) in [6, 6.07) is 15.8. The summed E-state index contributed by atoms with van der Waals surface area (Å²) in [5, 5.41) is 2.50. The first-order chi connectivity index (χ1) is 6.81. The van der Waals surface area contributed by atoms with Gasteiger partial charge in [-0.15, -0.1) is 24.6 Å². The van der Waals surface area contributed by atoms with Crippen molar-refractivity contribution >= 4 is 16.3 Å². The van der Waals surface area contributed by atoms with Gasteiger partial charge in [0.05, 0.1) is 0 Å². The Morgan fingerprint density at radius 3 is 2.53 bits per heavy atom. The number of allylic oxidation sites excluding steroid dienone is 2. The van der Waals surface area contributed by atoms with E-state index in [0.29, 0.717) is 0 Å². The van der Waals surface area contributed by atoms with Crippen molar-refractivity contribution in [1.82, 2.24) is 0 Å². The van der Waals surface area contributed by atoms with Crippen molar-refractivity contribution in [2.24, 2.45) is 0 Å². The number of benzene rings is 2. The predicted molar refractivity (Wildman–Crippen MR) is 60.8 cm³/mol. The van der Waals surface area contributed by atoms with Gasteiger partial charge < -0.3 is 17.2 Å². The third-order valence-corrected chi connectivity index (χ3v) is 2.46. The Morgan fingerprint density at radius 2 is 1.87 bits per heavy atom. The van der Waals surface area contributed by atoms with E-state index in [9.17, 15) is 0 Å². The molecule has 0 aromatic heterocycles. The Hall–Kier alpha value is -0.456. The second kappa shape index (κ2) is 5.58. The summed E-state index contributed by atoms with van der Waals surface area (Å²) in [7, 11) is 0. The minimum absolute atomic E-state index is 0. The van der Waals surface area contributed by atoms with E-state index in [4.69, 9.17) is 0 Å². The SMILES string of the molecule is C[C-]=C(C)c1[c-]cc2ccccc2c1.[Y]. The molecule has 0 bridgehead atoms. The predicted octanol–water partition coefficient (Wildman–Crippen LogP) is 3.86. The van der Waals surface area contributed by atoms with Crippen molar-refractivity contribution < 1.29 is 32.7 Å². The summed E-state index contributed by atoms with van der Waals surface area (Å²) in [6.07, 6.45) is 3.13. The van der Waals surface area contributed by atoms with E-state index in [2.05, 4.69) is 43.3 Å². The second-order valence-corrected chi connectivity index (χ2v) is 3.35. The molecule has 15 heavy (non-hydrogen) atoms. The summed E-state index contributed by atoms with van der Waals surface area (Å²) in [5.74, 6) is 0. The van der Waals surface area contributed by atoms with Crippen LogP contribution in [0.3, 0.4) is 0 Å². The van der Waals surface area contributed by atoms with E-state index in [1.54, 1.807) is 0 Å². The normalized spacial score (nSPS) is 11.2. The molecule has 0 nitrogen and oxygen atoms in total. The maximum Gasteiger partial charge on any atom is 0 e. The summed E-state index contributed by atoms with van der Waals surface area (Å²) < 4.78 is 0. The van der Waals surface area contributed by atoms with Gasteiger partial charge in [0.1, 0.15) is 0 Å². The van der Waals surface area contributed by atoms with Crippen molar-refractivity contribution in [3.8, 4) is 0 Å². The first-order valence-electron chi connectivity index (χ1n) is 4.73. The molecule has 0 spiro atoms. The quantitative estimate of drug-likeness (QED) is 0.689. The number of hydrogen-bond donors (Lipinski definition) is 0. The molecular formula is C14H12Y-2. The molecule has 2 aromatic rings. The molecule has 0 fully saturated rings. The summed E-state index contributed by atoms with van der Waals surface area (Å²) in [6.45, 7) is 3.99. The van der Waals surface area contributed by atoms with Gasteiger partial charge in [0.25, 0.3) is 0 Å². The summed E-state index contributed by atoms with van der Waals surface area (Å²) >= 11 is 0. The fourth-order valence-electron chi connectivity index (χ4n) is 1.48. The van der Waals surface area contributed by atoms with E-state index in [-0.39, 0.29) is 32.7 Å². The molecule has 0 aliphatic carbocycles. The minimum Gasteiger partial charge on any atom is -0.327 e. The van der Waals surface area contributed by atoms with Crippen LogP contribution in [0.1, 0.15) is 19.4 Å². The molecule has 0 aliphatic rings. The molecule has 0 saturated heterocycles. The van der Waals surface area contributed by atoms with Crippen LogP contribution in [0.4, 0.5) is 0 Å². The van der Waals surface area contributed by atoms with Crippen molar-refractivity contribution in [3.05, 3.63) is 54.1 Å². The molecule has 1 heteroatoms. The number of hydrogen-bond acceptors (Lipinski definition) is 0. The molecule has 0 N–H and O–H groups in total. The van der Waals surface area contributed by atoms with Gasteiger partial charge in [-0.2, -0.15) is 6.07 Å². The standard InChI is InChI=1S/C14H12.Y/c1-3-11(2)13-9-8-12-6-4-5-7-14(12)10-13;/h4-8,10H,1-2H3;/q-2;. The van der Waals surface area contributed by atoms with E-state index >= 15 is 0 Å². The topological polar surface area (TPSA) is 0 Å². The number of fused-ring (bicyclic) bond motifs is 1. The molecule has 0 aliphatic heterocycles. The van der Waals surface area contributed by atoms with Gasteiger partial charge in [0.15, 0.2) is 0 Å². The van der Waals surface area contributed by atoms with Crippen molar-refractivity contribution in [1.29, 1.82) is 0 Å². The third kappa shape index (κ3) is 2.77. The Balaban J connectivity index is 0.00000112. The van der Waals surface area contributed by atoms with E-state index in [1.165, 1.54) is 10.8 Å². The van der Waals surface area contributed by atoms with Crippen LogP contribution >= 0.6 is 0 Å². The Labute approximate surface area is 116 Å². The molecule has 0 heterocycles. The van der Waals surface area contributed by atoms with Gasteiger partial charge in [-0.25, -0.2) is 12.1 Å².